The quantitative estimate of drug-likeness (QED) is 0.857. The second-order valence-electron chi connectivity index (χ2n) is 5.65. The summed E-state index contributed by atoms with van der Waals surface area (Å²) in [7, 11) is 0. The molecular formula is C14H27ClN2O. The number of hydrogen-bond acceptors (Lipinski definition) is 2. The van der Waals surface area contributed by atoms with Gasteiger partial charge >= 0.3 is 0 Å². The predicted octanol–water partition coefficient (Wildman–Crippen LogP) is 2.45. The molecule has 18 heavy (non-hydrogen) atoms. The second-order valence-corrected chi connectivity index (χ2v) is 5.65. The fraction of sp³-hybridized carbons (Fsp3) is 0.929. The third-order valence-corrected chi connectivity index (χ3v) is 4.37. The second kappa shape index (κ2) is 8.00. The minimum atomic E-state index is 0. The van der Waals surface area contributed by atoms with Crippen LogP contribution in [0.4, 0.5) is 0 Å². The van der Waals surface area contributed by atoms with Crippen LogP contribution < -0.4 is 5.32 Å². The van der Waals surface area contributed by atoms with E-state index in [9.17, 15) is 4.79 Å². The molecule has 3 nitrogen and oxygen atoms in total. The van der Waals surface area contributed by atoms with Crippen LogP contribution in [0, 0.1) is 11.8 Å². The first-order valence-electron chi connectivity index (χ1n) is 7.28. The van der Waals surface area contributed by atoms with E-state index in [1.54, 1.807) is 0 Å². The monoisotopic (exact) mass is 274 g/mol. The van der Waals surface area contributed by atoms with E-state index in [1.165, 1.54) is 32.1 Å². The van der Waals surface area contributed by atoms with Crippen LogP contribution in [0.2, 0.25) is 0 Å². The highest BCUT2D eigenvalue weighted by atomic mass is 35.5. The molecule has 0 radical (unpaired) electrons. The van der Waals surface area contributed by atoms with Crippen molar-refractivity contribution in [2.45, 2.75) is 45.4 Å². The third-order valence-electron chi connectivity index (χ3n) is 4.37. The Morgan fingerprint density at radius 2 is 1.94 bits per heavy atom. The van der Waals surface area contributed by atoms with Crippen LogP contribution in [0.25, 0.3) is 0 Å². The maximum atomic E-state index is 12.2. The average Bonchev–Trinajstić information content (AvgIpc) is 2.40. The van der Waals surface area contributed by atoms with Gasteiger partial charge in [-0.3, -0.25) is 4.79 Å². The molecule has 2 rings (SSSR count). The Balaban J connectivity index is 0.00000162. The molecule has 1 atom stereocenters. The van der Waals surface area contributed by atoms with Crippen molar-refractivity contribution in [1.29, 1.82) is 0 Å². The lowest BCUT2D eigenvalue weighted by Crippen LogP contribution is -2.41. The molecule has 4 heteroatoms. The Labute approximate surface area is 117 Å². The zero-order valence-corrected chi connectivity index (χ0v) is 12.3. The number of piperidine rings is 2. The molecule has 1 N–H and O–H groups in total. The highest BCUT2D eigenvalue weighted by Gasteiger charge is 2.25. The Morgan fingerprint density at radius 3 is 2.61 bits per heavy atom. The highest BCUT2D eigenvalue weighted by molar-refractivity contribution is 5.85. The zero-order chi connectivity index (χ0) is 12.1. The highest BCUT2D eigenvalue weighted by Crippen LogP contribution is 2.22. The van der Waals surface area contributed by atoms with Gasteiger partial charge in [0.2, 0.25) is 5.91 Å². The van der Waals surface area contributed by atoms with Crippen molar-refractivity contribution in [2.75, 3.05) is 26.2 Å². The maximum absolute atomic E-state index is 12.2. The van der Waals surface area contributed by atoms with Crippen LogP contribution in [0.15, 0.2) is 0 Å². The van der Waals surface area contributed by atoms with E-state index < -0.39 is 0 Å². The van der Waals surface area contributed by atoms with Gasteiger partial charge in [-0.15, -0.1) is 12.4 Å². The summed E-state index contributed by atoms with van der Waals surface area (Å²) in [6.45, 7) is 6.44. The van der Waals surface area contributed by atoms with E-state index >= 15 is 0 Å². The normalized spacial score (nSPS) is 25.6. The Bertz CT molecular complexity index is 254. The van der Waals surface area contributed by atoms with E-state index in [1.807, 2.05) is 0 Å². The number of amides is 1. The average molecular weight is 275 g/mol. The number of carbonyl (C=O) groups excluding carboxylic acids is 1. The van der Waals surface area contributed by atoms with Crippen molar-refractivity contribution in [3.05, 3.63) is 0 Å². The van der Waals surface area contributed by atoms with Crippen LogP contribution in [-0.4, -0.2) is 37.0 Å². The van der Waals surface area contributed by atoms with Crippen LogP contribution in [0.5, 0.6) is 0 Å². The lowest BCUT2D eigenvalue weighted by molar-refractivity contribution is -0.134. The van der Waals surface area contributed by atoms with Crippen molar-refractivity contribution in [1.82, 2.24) is 10.2 Å². The lowest BCUT2D eigenvalue weighted by Gasteiger charge is -2.33. The topological polar surface area (TPSA) is 32.3 Å². The van der Waals surface area contributed by atoms with Crippen molar-refractivity contribution in [3.8, 4) is 0 Å². The molecule has 2 aliphatic heterocycles. The van der Waals surface area contributed by atoms with Gasteiger partial charge in [0.25, 0.3) is 0 Å². The molecule has 0 aromatic rings. The Kier molecular flexibility index (Phi) is 7.02. The number of nitrogens with one attached hydrogen (secondary N) is 1. The summed E-state index contributed by atoms with van der Waals surface area (Å²) < 4.78 is 0. The number of carbonyl (C=O) groups is 1. The van der Waals surface area contributed by atoms with Crippen molar-refractivity contribution < 1.29 is 4.79 Å². The summed E-state index contributed by atoms with van der Waals surface area (Å²) in [5.74, 6) is 1.79. The molecule has 1 amide bonds. The number of hydrogen-bond donors (Lipinski definition) is 1. The molecule has 106 valence electrons. The molecule has 0 bridgehead atoms. The number of halogens is 1. The molecule has 0 aliphatic carbocycles. The Hall–Kier alpha value is -0.280. The molecule has 0 aromatic heterocycles. The SMILES string of the molecule is CCC1CCCN(C(=O)CC2CCNCC2)C1.Cl. The first kappa shape index (κ1) is 15.8. The zero-order valence-electron chi connectivity index (χ0n) is 11.5. The van der Waals surface area contributed by atoms with E-state index in [0.29, 0.717) is 11.8 Å². The van der Waals surface area contributed by atoms with Crippen molar-refractivity contribution >= 4 is 18.3 Å². The summed E-state index contributed by atoms with van der Waals surface area (Å²) in [4.78, 5) is 14.4. The summed E-state index contributed by atoms with van der Waals surface area (Å²) in [6, 6.07) is 0. The van der Waals surface area contributed by atoms with Gasteiger partial charge < -0.3 is 10.2 Å². The van der Waals surface area contributed by atoms with E-state index in [-0.39, 0.29) is 12.4 Å². The van der Waals surface area contributed by atoms with Gasteiger partial charge in [-0.05, 0) is 50.6 Å². The van der Waals surface area contributed by atoms with Crippen LogP contribution >= 0.6 is 12.4 Å². The molecule has 2 saturated heterocycles. The molecular weight excluding hydrogens is 248 g/mol. The first-order chi connectivity index (χ1) is 8.29. The Morgan fingerprint density at radius 1 is 1.22 bits per heavy atom. The van der Waals surface area contributed by atoms with Gasteiger partial charge in [0, 0.05) is 19.5 Å². The van der Waals surface area contributed by atoms with E-state index in [0.717, 1.165) is 38.5 Å². The van der Waals surface area contributed by atoms with Crippen molar-refractivity contribution in [3.63, 3.8) is 0 Å². The summed E-state index contributed by atoms with van der Waals surface area (Å²) in [5.41, 5.74) is 0. The molecule has 2 aliphatic rings. The van der Waals surface area contributed by atoms with Gasteiger partial charge in [-0.25, -0.2) is 0 Å². The fourth-order valence-corrected chi connectivity index (χ4v) is 3.09. The summed E-state index contributed by atoms with van der Waals surface area (Å²) in [5, 5.41) is 3.36. The molecule has 2 heterocycles. The molecule has 1 unspecified atom stereocenters. The van der Waals surface area contributed by atoms with Crippen LogP contribution in [0.3, 0.4) is 0 Å². The standard InChI is InChI=1S/C14H26N2O.ClH/c1-2-12-4-3-9-16(11-12)14(17)10-13-5-7-15-8-6-13;/h12-13,15H,2-11H2,1H3;1H. The summed E-state index contributed by atoms with van der Waals surface area (Å²) in [6.07, 6.45) is 6.88. The smallest absolute Gasteiger partial charge is 0.222 e. The van der Waals surface area contributed by atoms with E-state index in [4.69, 9.17) is 0 Å². The molecule has 0 saturated carbocycles. The predicted molar refractivity (Wildman–Crippen MR) is 77.1 cm³/mol. The summed E-state index contributed by atoms with van der Waals surface area (Å²) >= 11 is 0. The number of nitrogens with zero attached hydrogens (tertiary/aromatic N) is 1. The molecule has 2 fully saturated rings. The van der Waals surface area contributed by atoms with Gasteiger partial charge in [-0.1, -0.05) is 13.3 Å². The number of likely N-dealkylation sites (tertiary alicyclic amines) is 1. The minimum Gasteiger partial charge on any atom is -0.342 e. The van der Waals surface area contributed by atoms with Gasteiger partial charge in [0.1, 0.15) is 0 Å². The largest absolute Gasteiger partial charge is 0.342 e. The molecule has 0 aromatic carbocycles. The maximum Gasteiger partial charge on any atom is 0.222 e. The van der Waals surface area contributed by atoms with Gasteiger partial charge in [0.05, 0.1) is 0 Å². The minimum absolute atomic E-state index is 0. The van der Waals surface area contributed by atoms with Gasteiger partial charge in [-0.2, -0.15) is 0 Å². The van der Waals surface area contributed by atoms with E-state index in [2.05, 4.69) is 17.1 Å². The van der Waals surface area contributed by atoms with Crippen LogP contribution in [0.1, 0.15) is 45.4 Å². The third kappa shape index (κ3) is 4.43. The first-order valence-corrected chi connectivity index (χ1v) is 7.28. The van der Waals surface area contributed by atoms with Crippen molar-refractivity contribution in [2.24, 2.45) is 11.8 Å². The lowest BCUT2D eigenvalue weighted by atomic mass is 9.92. The van der Waals surface area contributed by atoms with Gasteiger partial charge in [0.15, 0.2) is 0 Å². The number of rotatable bonds is 3. The fourth-order valence-electron chi connectivity index (χ4n) is 3.09. The van der Waals surface area contributed by atoms with Crippen LogP contribution in [-0.2, 0) is 4.79 Å². The molecule has 0 spiro atoms.